The zero-order valence-electron chi connectivity index (χ0n) is 23.9. The van der Waals surface area contributed by atoms with E-state index in [1.54, 1.807) is 6.20 Å². The largest absolute Gasteiger partial charge is 0.440 e. The molecule has 2 aromatic heterocycles. The van der Waals surface area contributed by atoms with Crippen molar-refractivity contribution in [3.8, 4) is 11.3 Å². The normalized spacial score (nSPS) is 30.5. The van der Waals surface area contributed by atoms with Crippen molar-refractivity contribution in [2.24, 2.45) is 17.3 Å². The second-order valence-corrected chi connectivity index (χ2v) is 14.0. The lowest BCUT2D eigenvalue weighted by Gasteiger charge is -2.53. The summed E-state index contributed by atoms with van der Waals surface area (Å²) in [5.74, 6) is 3.59. The van der Waals surface area contributed by atoms with E-state index in [4.69, 9.17) is 13.9 Å². The lowest BCUT2D eigenvalue weighted by molar-refractivity contribution is -0.122. The minimum Gasteiger partial charge on any atom is -0.440 e. The Bertz CT molecular complexity index is 1440. The van der Waals surface area contributed by atoms with Crippen LogP contribution in [-0.4, -0.2) is 34.0 Å². The number of anilines is 1. The van der Waals surface area contributed by atoms with E-state index >= 15 is 0 Å². The molecule has 0 atom stereocenters. The fourth-order valence-electron chi connectivity index (χ4n) is 7.72. The molecule has 2 heterocycles. The van der Waals surface area contributed by atoms with Crippen LogP contribution in [0.3, 0.4) is 0 Å². The fourth-order valence-corrected chi connectivity index (χ4v) is 7.72. The van der Waals surface area contributed by atoms with Crippen LogP contribution in [0.5, 0.6) is 0 Å². The molecule has 9 heteroatoms. The van der Waals surface area contributed by atoms with E-state index in [2.05, 4.69) is 10.1 Å². The predicted molar refractivity (Wildman–Crippen MR) is 151 cm³/mol. The van der Waals surface area contributed by atoms with Crippen LogP contribution in [0.4, 0.5) is 14.5 Å². The van der Waals surface area contributed by atoms with Crippen LogP contribution in [0.1, 0.15) is 113 Å². The Hall–Kier alpha value is -3.10. The van der Waals surface area contributed by atoms with Gasteiger partial charge in [-0.3, -0.25) is 4.79 Å². The highest BCUT2D eigenvalue weighted by atomic mass is 19.3. The van der Waals surface area contributed by atoms with Gasteiger partial charge in [-0.2, -0.15) is 4.98 Å². The summed E-state index contributed by atoms with van der Waals surface area (Å²) >= 11 is 0. The predicted octanol–water partition coefficient (Wildman–Crippen LogP) is 7.79. The number of hydrogen-bond donors (Lipinski definition) is 0. The van der Waals surface area contributed by atoms with Gasteiger partial charge in [0.2, 0.25) is 18.2 Å². The molecule has 222 valence electrons. The molecule has 0 unspecified atom stereocenters. The average Bonchev–Trinajstić information content (AvgIpc) is 3.92. The van der Waals surface area contributed by atoms with Crippen LogP contribution < -0.4 is 4.90 Å². The van der Waals surface area contributed by atoms with Gasteiger partial charge < -0.3 is 13.8 Å². The highest BCUT2D eigenvalue weighted by molar-refractivity contribution is 5.94. The Morgan fingerprint density at radius 3 is 2.45 bits per heavy atom. The standard InChI is InChI=1S/C33H38F2N4O3/c34-28(35)24-14-20(15-24)16-27(40)39(25-3-1-2-23(17-25)26-18-36-30(41-26)22-6-7-22)19-32-8-11-33(12-9-32,13-10-32)31-37-29(38-42-31)21-4-5-21/h1-3,17-18,20-22,24,28H,4-16,19H2. The van der Waals surface area contributed by atoms with Crippen LogP contribution in [0.2, 0.25) is 0 Å². The van der Waals surface area contributed by atoms with E-state index in [1.165, 1.54) is 0 Å². The van der Waals surface area contributed by atoms with Crippen molar-refractivity contribution in [3.63, 3.8) is 0 Å². The van der Waals surface area contributed by atoms with E-state index in [0.717, 1.165) is 93.1 Å². The third-order valence-corrected chi connectivity index (χ3v) is 11.0. The molecule has 1 aromatic carbocycles. The summed E-state index contributed by atoms with van der Waals surface area (Å²) in [5, 5.41) is 4.30. The maximum atomic E-state index is 13.9. The first-order valence-electron chi connectivity index (χ1n) is 15.9. The van der Waals surface area contributed by atoms with E-state index in [0.29, 0.717) is 43.4 Å². The first-order chi connectivity index (χ1) is 20.4. The molecule has 6 fully saturated rings. The molecule has 7 nitrogen and oxygen atoms in total. The zero-order chi connectivity index (χ0) is 28.5. The lowest BCUT2D eigenvalue weighted by atomic mass is 9.53. The van der Waals surface area contributed by atoms with Gasteiger partial charge in [0.1, 0.15) is 0 Å². The van der Waals surface area contributed by atoms with Crippen molar-refractivity contribution in [2.75, 3.05) is 11.4 Å². The summed E-state index contributed by atoms with van der Waals surface area (Å²) in [6.07, 6.45) is 11.2. The monoisotopic (exact) mass is 576 g/mol. The quantitative estimate of drug-likeness (QED) is 0.245. The molecular weight excluding hydrogens is 538 g/mol. The minimum atomic E-state index is -2.30. The number of alkyl halides is 2. The van der Waals surface area contributed by atoms with E-state index < -0.39 is 12.3 Å². The molecular formula is C33H38F2N4O3. The third kappa shape index (κ3) is 4.86. The second-order valence-electron chi connectivity index (χ2n) is 14.0. The third-order valence-electron chi connectivity index (χ3n) is 11.0. The van der Waals surface area contributed by atoms with Gasteiger partial charge >= 0.3 is 0 Å². The molecule has 0 saturated heterocycles. The number of fused-ring (bicyclic) bond motifs is 3. The summed E-state index contributed by atoms with van der Waals surface area (Å²) in [6.45, 7) is 0.636. The molecule has 0 radical (unpaired) electrons. The van der Waals surface area contributed by atoms with Gasteiger partial charge in [-0.25, -0.2) is 13.8 Å². The number of rotatable bonds is 10. The SMILES string of the molecule is O=C(CC1CC(C(F)F)C1)N(CC12CCC(c3nc(C4CC4)no3)(CC1)CC2)c1cccc(-c2cnc(C3CC3)o2)c1. The smallest absolute Gasteiger partial charge is 0.241 e. The second kappa shape index (κ2) is 9.98. The number of carbonyl (C=O) groups is 1. The number of amides is 1. The maximum Gasteiger partial charge on any atom is 0.241 e. The van der Waals surface area contributed by atoms with Crippen molar-refractivity contribution in [3.05, 3.63) is 48.1 Å². The topological polar surface area (TPSA) is 85.3 Å². The van der Waals surface area contributed by atoms with Crippen molar-refractivity contribution in [1.29, 1.82) is 0 Å². The zero-order valence-corrected chi connectivity index (χ0v) is 23.9. The van der Waals surface area contributed by atoms with Crippen molar-refractivity contribution < 1.29 is 22.5 Å². The van der Waals surface area contributed by atoms with Gasteiger partial charge in [-0.1, -0.05) is 17.3 Å². The van der Waals surface area contributed by atoms with Crippen LogP contribution in [0.25, 0.3) is 11.3 Å². The Balaban J connectivity index is 1.03. The van der Waals surface area contributed by atoms with Gasteiger partial charge in [0.25, 0.3) is 0 Å². The number of halogens is 2. The molecule has 3 aromatic rings. The molecule has 9 rings (SSSR count). The molecule has 0 N–H and O–H groups in total. The summed E-state index contributed by atoms with van der Waals surface area (Å²) in [6, 6.07) is 7.99. The fraction of sp³-hybridized carbons (Fsp3) is 0.636. The highest BCUT2D eigenvalue weighted by Gasteiger charge is 2.53. The first kappa shape index (κ1) is 26.5. The van der Waals surface area contributed by atoms with Crippen molar-refractivity contribution in [2.45, 2.75) is 107 Å². The average molecular weight is 577 g/mol. The summed E-state index contributed by atoms with van der Waals surface area (Å²) in [7, 11) is 0. The number of nitrogens with zero attached hydrogens (tertiary/aromatic N) is 4. The Morgan fingerprint density at radius 1 is 1.02 bits per heavy atom. The molecule has 0 aliphatic heterocycles. The minimum absolute atomic E-state index is 0.0171. The van der Waals surface area contributed by atoms with E-state index in [9.17, 15) is 13.6 Å². The number of carbonyl (C=O) groups excluding carboxylic acids is 1. The Morgan fingerprint density at radius 2 is 1.76 bits per heavy atom. The van der Waals surface area contributed by atoms with Crippen molar-refractivity contribution in [1.82, 2.24) is 15.1 Å². The lowest BCUT2D eigenvalue weighted by Crippen LogP contribution is -2.51. The van der Waals surface area contributed by atoms with E-state index in [1.807, 2.05) is 29.2 Å². The van der Waals surface area contributed by atoms with Crippen LogP contribution in [-0.2, 0) is 10.2 Å². The number of aromatic nitrogens is 3. The molecule has 6 aliphatic rings. The summed E-state index contributed by atoms with van der Waals surface area (Å²) < 4.78 is 38.2. The first-order valence-corrected chi connectivity index (χ1v) is 15.9. The molecule has 2 bridgehead atoms. The molecule has 42 heavy (non-hydrogen) atoms. The molecule has 0 spiro atoms. The van der Waals surface area contributed by atoms with Gasteiger partial charge in [0, 0.05) is 47.4 Å². The molecule has 6 aliphatic carbocycles. The van der Waals surface area contributed by atoms with Crippen LogP contribution in [0, 0.1) is 17.3 Å². The highest BCUT2D eigenvalue weighted by Crippen LogP contribution is 2.58. The Labute approximate surface area is 244 Å². The van der Waals surface area contributed by atoms with Gasteiger partial charge in [-0.15, -0.1) is 0 Å². The van der Waals surface area contributed by atoms with Crippen LogP contribution >= 0.6 is 0 Å². The summed E-state index contributed by atoms with van der Waals surface area (Å²) in [4.78, 5) is 25.2. The van der Waals surface area contributed by atoms with E-state index in [-0.39, 0.29) is 22.7 Å². The number of oxazole rings is 1. The van der Waals surface area contributed by atoms with Crippen molar-refractivity contribution >= 4 is 11.6 Å². The molecule has 6 saturated carbocycles. The van der Waals surface area contributed by atoms with Gasteiger partial charge in [0.05, 0.1) is 6.20 Å². The summed E-state index contributed by atoms with van der Waals surface area (Å²) in [5.41, 5.74) is 1.72. The maximum absolute atomic E-state index is 13.9. The number of hydrogen-bond acceptors (Lipinski definition) is 6. The number of benzene rings is 1. The van der Waals surface area contributed by atoms with Crippen LogP contribution in [0.15, 0.2) is 39.4 Å². The van der Waals surface area contributed by atoms with Gasteiger partial charge in [-0.05, 0) is 101 Å². The van der Waals surface area contributed by atoms with Gasteiger partial charge in [0.15, 0.2) is 17.5 Å². The molecule has 1 amide bonds. The Kier molecular flexibility index (Phi) is 6.30.